The summed E-state index contributed by atoms with van der Waals surface area (Å²) < 4.78 is 0. The maximum absolute atomic E-state index is 4.89. The van der Waals surface area contributed by atoms with Crippen LogP contribution in [0.4, 0.5) is 0 Å². The topological polar surface area (TPSA) is 31.2 Å². The smallest absolute Gasteiger partial charge is 0.137 e. The van der Waals surface area contributed by atoms with Crippen LogP contribution in [0.3, 0.4) is 0 Å². The van der Waals surface area contributed by atoms with Crippen LogP contribution in [-0.2, 0) is 0 Å². The van der Waals surface area contributed by atoms with Crippen LogP contribution in [0.1, 0.15) is 13.8 Å². The fraction of sp³-hybridized carbons (Fsp3) is 0.692. The van der Waals surface area contributed by atoms with Crippen molar-refractivity contribution in [2.24, 2.45) is 9.98 Å². The molecule has 4 nitrogen and oxygen atoms in total. The molecule has 0 saturated heterocycles. The van der Waals surface area contributed by atoms with Crippen LogP contribution in [0.25, 0.3) is 0 Å². The van der Waals surface area contributed by atoms with E-state index in [2.05, 4.69) is 61.9 Å². The molecule has 100 valence electrons. The van der Waals surface area contributed by atoms with E-state index in [1.165, 1.54) is 0 Å². The van der Waals surface area contributed by atoms with Crippen LogP contribution in [-0.4, -0.2) is 65.8 Å². The Morgan fingerprint density at radius 2 is 2.06 bits per heavy atom. The highest BCUT2D eigenvalue weighted by atomic mass is 32.2. The van der Waals surface area contributed by atoms with Gasteiger partial charge in [-0.15, -0.1) is 0 Å². The lowest BCUT2D eigenvalue weighted by molar-refractivity contribution is 0.355. The Bertz CT molecular complexity index is 413. The molecule has 5 heteroatoms. The van der Waals surface area contributed by atoms with Gasteiger partial charge in [0.25, 0.3) is 0 Å². The molecule has 0 aromatic heterocycles. The summed E-state index contributed by atoms with van der Waals surface area (Å²) in [6.07, 6.45) is 4.28. The first kappa shape index (κ1) is 13.6. The lowest BCUT2D eigenvalue weighted by atomic mass is 10.1. The quantitative estimate of drug-likeness (QED) is 0.779. The summed E-state index contributed by atoms with van der Waals surface area (Å²) in [5.74, 6) is 1.06. The van der Waals surface area contributed by atoms with E-state index in [0.717, 1.165) is 24.0 Å². The van der Waals surface area contributed by atoms with E-state index in [4.69, 9.17) is 4.99 Å². The molecule has 0 bridgehead atoms. The Labute approximate surface area is 114 Å². The van der Waals surface area contributed by atoms with E-state index < -0.39 is 0 Å². The van der Waals surface area contributed by atoms with Gasteiger partial charge < -0.3 is 9.80 Å². The highest BCUT2D eigenvalue weighted by Crippen LogP contribution is 2.41. The molecule has 0 spiro atoms. The van der Waals surface area contributed by atoms with Gasteiger partial charge in [0.1, 0.15) is 16.7 Å². The third-order valence-electron chi connectivity index (χ3n) is 3.26. The average Bonchev–Trinajstić information content (AvgIpc) is 2.58. The number of dihydropyridines is 1. The van der Waals surface area contributed by atoms with E-state index in [1.54, 1.807) is 11.8 Å². The minimum absolute atomic E-state index is 0.138. The maximum Gasteiger partial charge on any atom is 0.137 e. The van der Waals surface area contributed by atoms with E-state index >= 15 is 0 Å². The predicted molar refractivity (Wildman–Crippen MR) is 80.7 cm³/mol. The number of hydrogen-bond donors (Lipinski definition) is 0. The number of thioether (sulfide) groups is 1. The van der Waals surface area contributed by atoms with Gasteiger partial charge in [-0.3, -0.25) is 4.99 Å². The van der Waals surface area contributed by atoms with Crippen molar-refractivity contribution in [1.82, 2.24) is 9.80 Å². The van der Waals surface area contributed by atoms with Crippen LogP contribution in [0.15, 0.2) is 22.1 Å². The van der Waals surface area contributed by atoms with Crippen molar-refractivity contribution in [2.75, 3.05) is 34.2 Å². The fourth-order valence-electron chi connectivity index (χ4n) is 2.13. The molecular formula is C13H22N4S. The van der Waals surface area contributed by atoms with Crippen molar-refractivity contribution >= 4 is 22.6 Å². The number of rotatable bonds is 3. The molecule has 2 aliphatic heterocycles. The molecule has 2 aliphatic rings. The van der Waals surface area contributed by atoms with Crippen LogP contribution in [0, 0.1) is 0 Å². The highest BCUT2D eigenvalue weighted by Gasteiger charge is 2.41. The zero-order valence-corrected chi connectivity index (χ0v) is 12.7. The summed E-state index contributed by atoms with van der Waals surface area (Å²) >= 11 is 1.77. The standard InChI is InChI=1S/C13H22N4S/c1-10-14-11-6-7-12(15-13(11,2)18-10)17(5)9-8-16(3)4/h6-7,11H,8-9H2,1-5H3. The molecule has 0 N–H and O–H groups in total. The van der Waals surface area contributed by atoms with Crippen molar-refractivity contribution in [3.63, 3.8) is 0 Å². The molecule has 0 saturated carbocycles. The molecule has 0 aliphatic carbocycles. The van der Waals surface area contributed by atoms with Gasteiger partial charge in [0.15, 0.2) is 0 Å². The number of nitrogens with zero attached hydrogens (tertiary/aromatic N) is 4. The highest BCUT2D eigenvalue weighted by molar-refractivity contribution is 8.15. The van der Waals surface area contributed by atoms with Crippen molar-refractivity contribution in [1.29, 1.82) is 0 Å². The molecule has 0 aromatic rings. The monoisotopic (exact) mass is 266 g/mol. The lowest BCUT2D eigenvalue weighted by Gasteiger charge is -2.31. The van der Waals surface area contributed by atoms with Gasteiger partial charge in [-0.05, 0) is 34.0 Å². The fourth-order valence-corrected chi connectivity index (χ4v) is 3.29. The van der Waals surface area contributed by atoms with Crippen LogP contribution in [0.2, 0.25) is 0 Å². The minimum atomic E-state index is -0.138. The second-order valence-electron chi connectivity index (χ2n) is 5.30. The van der Waals surface area contributed by atoms with Gasteiger partial charge in [0.05, 0.1) is 5.04 Å². The van der Waals surface area contributed by atoms with Crippen molar-refractivity contribution in [3.05, 3.63) is 12.2 Å². The first-order chi connectivity index (χ1) is 8.40. The molecule has 0 fully saturated rings. The van der Waals surface area contributed by atoms with Gasteiger partial charge in [0, 0.05) is 20.1 Å². The first-order valence-electron chi connectivity index (χ1n) is 6.28. The molecule has 0 aromatic carbocycles. The molecule has 2 rings (SSSR count). The predicted octanol–water partition coefficient (Wildman–Crippen LogP) is 1.70. The summed E-state index contributed by atoms with van der Waals surface area (Å²) in [4.78, 5) is 13.8. The lowest BCUT2D eigenvalue weighted by Crippen LogP contribution is -2.39. The summed E-state index contributed by atoms with van der Waals surface area (Å²) in [6, 6.07) is 0.202. The van der Waals surface area contributed by atoms with E-state index in [9.17, 15) is 0 Å². The molecule has 2 unspecified atom stereocenters. The third kappa shape index (κ3) is 2.78. The summed E-state index contributed by atoms with van der Waals surface area (Å²) in [7, 11) is 6.28. The van der Waals surface area contributed by atoms with Crippen LogP contribution >= 0.6 is 11.8 Å². The molecule has 0 radical (unpaired) electrons. The largest absolute Gasteiger partial charge is 0.359 e. The molecular weight excluding hydrogens is 244 g/mol. The number of fused-ring (bicyclic) bond motifs is 1. The minimum Gasteiger partial charge on any atom is -0.359 e. The van der Waals surface area contributed by atoms with Crippen molar-refractivity contribution in [3.8, 4) is 0 Å². The maximum atomic E-state index is 4.89. The average molecular weight is 266 g/mol. The SMILES string of the molecule is CC1=NC2C=CC(N(C)CCN(C)C)=NC2(C)S1. The van der Waals surface area contributed by atoms with Crippen molar-refractivity contribution < 1.29 is 0 Å². The molecule has 18 heavy (non-hydrogen) atoms. The van der Waals surface area contributed by atoms with Gasteiger partial charge in [-0.25, -0.2) is 4.99 Å². The van der Waals surface area contributed by atoms with Crippen LogP contribution < -0.4 is 0 Å². The molecule has 2 atom stereocenters. The summed E-state index contributed by atoms with van der Waals surface area (Å²) in [5.41, 5.74) is 0. The van der Waals surface area contributed by atoms with Crippen molar-refractivity contribution in [2.45, 2.75) is 24.8 Å². The van der Waals surface area contributed by atoms with Gasteiger partial charge in [-0.1, -0.05) is 17.8 Å². The number of aliphatic imine (C=N–C) groups is 2. The Hall–Kier alpha value is -0.810. The van der Waals surface area contributed by atoms with Gasteiger partial charge >= 0.3 is 0 Å². The number of likely N-dealkylation sites (N-methyl/N-ethyl adjacent to an activating group) is 2. The van der Waals surface area contributed by atoms with E-state index in [-0.39, 0.29) is 10.9 Å². The number of amidine groups is 1. The normalized spacial score (nSPS) is 30.2. The van der Waals surface area contributed by atoms with Crippen LogP contribution in [0.5, 0.6) is 0 Å². The van der Waals surface area contributed by atoms with E-state index in [0.29, 0.717) is 0 Å². The van der Waals surface area contributed by atoms with E-state index in [1.807, 2.05) is 0 Å². The third-order valence-corrected chi connectivity index (χ3v) is 4.41. The zero-order chi connectivity index (χ0) is 13.3. The van der Waals surface area contributed by atoms with Gasteiger partial charge in [-0.2, -0.15) is 0 Å². The molecule has 0 amide bonds. The summed E-state index contributed by atoms with van der Waals surface area (Å²) in [6.45, 7) is 6.26. The number of hydrogen-bond acceptors (Lipinski definition) is 5. The second kappa shape index (κ2) is 5.05. The Morgan fingerprint density at radius 3 is 2.72 bits per heavy atom. The molecule has 2 heterocycles. The second-order valence-corrected chi connectivity index (χ2v) is 6.93. The Morgan fingerprint density at radius 1 is 1.33 bits per heavy atom. The zero-order valence-electron chi connectivity index (χ0n) is 11.8. The Kier molecular flexibility index (Phi) is 3.82. The Balaban J connectivity index is 2.06. The summed E-state index contributed by atoms with van der Waals surface area (Å²) in [5, 5.41) is 1.13. The van der Waals surface area contributed by atoms with Gasteiger partial charge in [0.2, 0.25) is 0 Å². The first-order valence-corrected chi connectivity index (χ1v) is 7.10.